The largest absolute Gasteiger partial charge is 0.389 e. The Hall–Kier alpha value is -1.27. The van der Waals surface area contributed by atoms with E-state index in [9.17, 15) is 0 Å². The molecule has 1 atom stereocenters. The number of nitrogens with zero attached hydrogens (tertiary/aromatic N) is 3. The molecule has 6 heteroatoms. The first-order valence-corrected chi connectivity index (χ1v) is 7.49. The van der Waals surface area contributed by atoms with Gasteiger partial charge in [-0.15, -0.1) is 5.10 Å². The number of hydrogen-bond donors (Lipinski definition) is 2. The number of aryl methyl sites for hydroxylation is 1. The summed E-state index contributed by atoms with van der Waals surface area (Å²) in [6.45, 7) is 5.91. The lowest BCUT2D eigenvalue weighted by Gasteiger charge is -2.32. The number of piperidine rings is 1. The number of nitrogens with two attached hydrogens (primary N) is 1. The van der Waals surface area contributed by atoms with Crippen molar-refractivity contribution in [1.82, 2.24) is 15.1 Å². The number of likely N-dealkylation sites (tertiary alicyclic amines) is 1. The smallest absolute Gasteiger partial charge is 0.159 e. The lowest BCUT2D eigenvalue weighted by atomic mass is 10.0. The maximum atomic E-state index is 5.83. The zero-order chi connectivity index (χ0) is 14.7. The normalized spacial score (nSPS) is 19.9. The highest BCUT2D eigenvalue weighted by atomic mass is 32.1. The Labute approximate surface area is 125 Å². The summed E-state index contributed by atoms with van der Waals surface area (Å²) in [5, 5.41) is 11.8. The van der Waals surface area contributed by atoms with E-state index in [0.717, 1.165) is 29.9 Å². The van der Waals surface area contributed by atoms with Crippen LogP contribution in [0.5, 0.6) is 0 Å². The molecule has 1 aliphatic rings. The van der Waals surface area contributed by atoms with Gasteiger partial charge in [0.05, 0.1) is 11.3 Å². The second-order valence-corrected chi connectivity index (χ2v) is 5.95. The van der Waals surface area contributed by atoms with Crippen molar-refractivity contribution in [2.24, 2.45) is 5.73 Å². The highest BCUT2D eigenvalue weighted by molar-refractivity contribution is 7.80. The zero-order valence-corrected chi connectivity index (χ0v) is 13.3. The summed E-state index contributed by atoms with van der Waals surface area (Å²) in [4.78, 5) is 2.77. The summed E-state index contributed by atoms with van der Waals surface area (Å²) in [6, 6.07) is 0.534. The van der Waals surface area contributed by atoms with Gasteiger partial charge in [-0.3, -0.25) is 0 Å². The molecule has 1 fully saturated rings. The molecular weight excluding hydrogens is 270 g/mol. The Morgan fingerprint density at radius 1 is 1.40 bits per heavy atom. The molecule has 1 saturated heterocycles. The summed E-state index contributed by atoms with van der Waals surface area (Å²) in [6.07, 6.45) is 3.79. The molecule has 2 heterocycles. The second-order valence-electron chi connectivity index (χ2n) is 5.51. The first-order valence-electron chi connectivity index (χ1n) is 7.08. The van der Waals surface area contributed by atoms with Crippen LogP contribution in [-0.2, 0) is 0 Å². The molecule has 1 aliphatic heterocycles. The van der Waals surface area contributed by atoms with Crippen LogP contribution in [0.15, 0.2) is 0 Å². The van der Waals surface area contributed by atoms with Crippen molar-refractivity contribution in [3.05, 3.63) is 16.8 Å². The molecule has 20 heavy (non-hydrogen) atoms. The SMILES string of the molecule is Cc1nnc(NCC2CCCCN2C)c(C(N)=S)c1C. The van der Waals surface area contributed by atoms with E-state index in [2.05, 4.69) is 27.5 Å². The third-order valence-electron chi connectivity index (χ3n) is 4.13. The number of rotatable bonds is 4. The van der Waals surface area contributed by atoms with E-state index in [1.165, 1.54) is 19.3 Å². The minimum absolute atomic E-state index is 0.375. The predicted molar refractivity (Wildman–Crippen MR) is 86.2 cm³/mol. The summed E-state index contributed by atoms with van der Waals surface area (Å²) in [7, 11) is 2.17. The van der Waals surface area contributed by atoms with Crippen LogP contribution in [0, 0.1) is 13.8 Å². The Morgan fingerprint density at radius 3 is 2.80 bits per heavy atom. The fraction of sp³-hybridized carbons (Fsp3) is 0.643. The molecule has 0 spiro atoms. The lowest BCUT2D eigenvalue weighted by molar-refractivity contribution is 0.194. The predicted octanol–water partition coefficient (Wildman–Crippen LogP) is 1.62. The van der Waals surface area contributed by atoms with Crippen LogP contribution >= 0.6 is 12.2 Å². The van der Waals surface area contributed by atoms with E-state index in [4.69, 9.17) is 18.0 Å². The minimum atomic E-state index is 0.375. The van der Waals surface area contributed by atoms with E-state index in [0.29, 0.717) is 16.8 Å². The van der Waals surface area contributed by atoms with Crippen LogP contribution in [0.3, 0.4) is 0 Å². The fourth-order valence-corrected chi connectivity index (χ4v) is 2.90. The Balaban J connectivity index is 2.13. The fourth-order valence-electron chi connectivity index (χ4n) is 2.65. The van der Waals surface area contributed by atoms with Crippen molar-refractivity contribution in [3.8, 4) is 0 Å². The molecule has 1 aromatic heterocycles. The van der Waals surface area contributed by atoms with Gasteiger partial charge in [-0.05, 0) is 45.8 Å². The average molecular weight is 293 g/mol. The maximum absolute atomic E-state index is 5.83. The molecule has 0 bridgehead atoms. The van der Waals surface area contributed by atoms with Crippen molar-refractivity contribution in [2.45, 2.75) is 39.2 Å². The van der Waals surface area contributed by atoms with Crippen molar-refractivity contribution in [3.63, 3.8) is 0 Å². The summed E-state index contributed by atoms with van der Waals surface area (Å²) in [5.74, 6) is 0.708. The quantitative estimate of drug-likeness (QED) is 0.822. The third kappa shape index (κ3) is 3.24. The van der Waals surface area contributed by atoms with Gasteiger partial charge in [0.2, 0.25) is 0 Å². The van der Waals surface area contributed by atoms with E-state index in [1.807, 2.05) is 13.8 Å². The van der Waals surface area contributed by atoms with E-state index in [1.54, 1.807) is 0 Å². The lowest BCUT2D eigenvalue weighted by Crippen LogP contribution is -2.41. The van der Waals surface area contributed by atoms with Gasteiger partial charge in [-0.1, -0.05) is 18.6 Å². The molecule has 3 N–H and O–H groups in total. The third-order valence-corrected chi connectivity index (χ3v) is 4.33. The highest BCUT2D eigenvalue weighted by Gasteiger charge is 2.20. The van der Waals surface area contributed by atoms with Crippen LogP contribution in [-0.4, -0.2) is 46.3 Å². The van der Waals surface area contributed by atoms with Crippen molar-refractivity contribution >= 4 is 23.0 Å². The summed E-state index contributed by atoms with van der Waals surface area (Å²) in [5.41, 5.74) is 8.53. The highest BCUT2D eigenvalue weighted by Crippen LogP contribution is 2.20. The van der Waals surface area contributed by atoms with Crippen molar-refractivity contribution in [2.75, 3.05) is 25.5 Å². The molecule has 5 nitrogen and oxygen atoms in total. The van der Waals surface area contributed by atoms with Gasteiger partial charge in [0, 0.05) is 12.6 Å². The molecule has 0 aliphatic carbocycles. The summed E-state index contributed by atoms with van der Waals surface area (Å²) < 4.78 is 0. The van der Waals surface area contributed by atoms with Gasteiger partial charge < -0.3 is 16.0 Å². The zero-order valence-electron chi connectivity index (χ0n) is 12.4. The second kappa shape index (κ2) is 6.45. The number of anilines is 1. The molecule has 110 valence electrons. The van der Waals surface area contributed by atoms with Crippen molar-refractivity contribution in [1.29, 1.82) is 0 Å². The number of aromatic nitrogens is 2. The number of nitrogens with one attached hydrogen (secondary N) is 1. The first kappa shape index (κ1) is 15.1. The van der Waals surface area contributed by atoms with Crippen LogP contribution in [0.4, 0.5) is 5.82 Å². The van der Waals surface area contributed by atoms with Crippen LogP contribution in [0.25, 0.3) is 0 Å². The number of hydrogen-bond acceptors (Lipinski definition) is 5. The average Bonchev–Trinajstić information content (AvgIpc) is 2.41. The number of thiocarbonyl (C=S) groups is 1. The Morgan fingerprint density at radius 2 is 2.15 bits per heavy atom. The first-order chi connectivity index (χ1) is 9.50. The molecule has 1 aromatic rings. The van der Waals surface area contributed by atoms with Crippen LogP contribution in [0.2, 0.25) is 0 Å². The van der Waals surface area contributed by atoms with E-state index < -0.39 is 0 Å². The standard InChI is InChI=1S/C14H23N5S/c1-9-10(2)17-18-14(12(9)13(15)20)16-8-11-6-4-5-7-19(11)3/h11H,4-8H2,1-3H3,(H2,15,20)(H,16,18). The summed E-state index contributed by atoms with van der Waals surface area (Å²) >= 11 is 5.15. The van der Waals surface area contributed by atoms with Crippen LogP contribution in [0.1, 0.15) is 36.1 Å². The van der Waals surface area contributed by atoms with Crippen LogP contribution < -0.4 is 11.1 Å². The Kier molecular flexibility index (Phi) is 4.88. The molecule has 2 rings (SSSR count). The van der Waals surface area contributed by atoms with Gasteiger partial charge in [-0.2, -0.15) is 5.10 Å². The van der Waals surface area contributed by atoms with Gasteiger partial charge >= 0.3 is 0 Å². The van der Waals surface area contributed by atoms with Gasteiger partial charge in [0.25, 0.3) is 0 Å². The topological polar surface area (TPSA) is 67.1 Å². The minimum Gasteiger partial charge on any atom is -0.389 e. The molecule has 0 saturated carbocycles. The monoisotopic (exact) mass is 293 g/mol. The Bertz CT molecular complexity index is 503. The van der Waals surface area contributed by atoms with Gasteiger partial charge in [-0.25, -0.2) is 0 Å². The molecule has 0 amide bonds. The molecular formula is C14H23N5S. The van der Waals surface area contributed by atoms with E-state index >= 15 is 0 Å². The number of likely N-dealkylation sites (N-methyl/N-ethyl adjacent to an activating group) is 1. The molecule has 0 radical (unpaired) electrons. The molecule has 1 unspecified atom stereocenters. The van der Waals surface area contributed by atoms with E-state index in [-0.39, 0.29) is 0 Å². The van der Waals surface area contributed by atoms with Gasteiger partial charge in [0.15, 0.2) is 5.82 Å². The molecule has 0 aromatic carbocycles. The maximum Gasteiger partial charge on any atom is 0.159 e. The van der Waals surface area contributed by atoms with Gasteiger partial charge in [0.1, 0.15) is 4.99 Å². The van der Waals surface area contributed by atoms with Crippen molar-refractivity contribution < 1.29 is 0 Å².